The Hall–Kier alpha value is -1.10. The standard InChI is InChI=1S/C14H18ClN3O/c1-14(19,8-16)7-13-17-11-5-2-9(15)6-12(11)18(13)10-3-4-10/h2,5-6,10,19H,3-4,7-8,16H2,1H3. The fourth-order valence-corrected chi connectivity index (χ4v) is 2.56. The molecule has 1 heterocycles. The minimum Gasteiger partial charge on any atom is -0.388 e. The number of hydrogen-bond donors (Lipinski definition) is 2. The molecule has 1 atom stereocenters. The zero-order chi connectivity index (χ0) is 13.6. The number of hydrogen-bond acceptors (Lipinski definition) is 3. The van der Waals surface area contributed by atoms with Gasteiger partial charge in [-0.25, -0.2) is 4.98 Å². The lowest BCUT2D eigenvalue weighted by Crippen LogP contribution is -2.37. The van der Waals surface area contributed by atoms with Crippen LogP contribution < -0.4 is 5.73 Å². The van der Waals surface area contributed by atoms with E-state index in [0.29, 0.717) is 17.5 Å². The first-order valence-corrected chi connectivity index (χ1v) is 6.97. The third-order valence-electron chi connectivity index (χ3n) is 3.62. The van der Waals surface area contributed by atoms with Crippen LogP contribution in [0.1, 0.15) is 31.6 Å². The molecule has 0 radical (unpaired) electrons. The van der Waals surface area contributed by atoms with Crippen molar-refractivity contribution in [3.63, 3.8) is 0 Å². The van der Waals surface area contributed by atoms with Crippen LogP contribution in [0.25, 0.3) is 11.0 Å². The normalized spacial score (nSPS) is 18.7. The number of aliphatic hydroxyl groups is 1. The van der Waals surface area contributed by atoms with Crippen molar-refractivity contribution < 1.29 is 5.11 Å². The molecule has 102 valence electrons. The SMILES string of the molecule is CC(O)(CN)Cc1nc2ccc(Cl)cc2n1C1CC1. The van der Waals surface area contributed by atoms with Gasteiger partial charge in [-0.15, -0.1) is 0 Å². The van der Waals surface area contributed by atoms with Crippen LogP contribution in [0, 0.1) is 0 Å². The highest BCUT2D eigenvalue weighted by atomic mass is 35.5. The minimum atomic E-state index is -0.919. The van der Waals surface area contributed by atoms with E-state index >= 15 is 0 Å². The van der Waals surface area contributed by atoms with Gasteiger partial charge < -0.3 is 15.4 Å². The van der Waals surface area contributed by atoms with Crippen LogP contribution in [0.2, 0.25) is 5.02 Å². The van der Waals surface area contributed by atoms with E-state index in [1.807, 2.05) is 18.2 Å². The first kappa shape index (κ1) is 12.9. The molecule has 0 amide bonds. The average molecular weight is 280 g/mol. The van der Waals surface area contributed by atoms with E-state index in [4.69, 9.17) is 17.3 Å². The summed E-state index contributed by atoms with van der Waals surface area (Å²) in [6, 6.07) is 6.21. The van der Waals surface area contributed by atoms with Crippen LogP contribution >= 0.6 is 11.6 Å². The second-order valence-corrected chi connectivity index (χ2v) is 6.08. The van der Waals surface area contributed by atoms with Gasteiger partial charge in [-0.05, 0) is 38.0 Å². The molecule has 3 rings (SSSR count). The molecule has 0 aliphatic heterocycles. The third kappa shape index (κ3) is 2.48. The molecule has 19 heavy (non-hydrogen) atoms. The van der Waals surface area contributed by atoms with E-state index in [1.165, 1.54) is 0 Å². The Morgan fingerprint density at radius 2 is 2.26 bits per heavy atom. The molecule has 3 N–H and O–H groups in total. The number of aromatic nitrogens is 2. The fraction of sp³-hybridized carbons (Fsp3) is 0.500. The Morgan fingerprint density at radius 3 is 2.89 bits per heavy atom. The van der Waals surface area contributed by atoms with Crippen LogP contribution in [-0.4, -0.2) is 26.8 Å². The van der Waals surface area contributed by atoms with Gasteiger partial charge in [0.25, 0.3) is 0 Å². The van der Waals surface area contributed by atoms with E-state index < -0.39 is 5.60 Å². The molecule has 1 saturated carbocycles. The molecule has 1 aliphatic rings. The number of benzene rings is 1. The number of halogens is 1. The highest BCUT2D eigenvalue weighted by Gasteiger charge is 2.31. The summed E-state index contributed by atoms with van der Waals surface area (Å²) in [4.78, 5) is 4.64. The summed E-state index contributed by atoms with van der Waals surface area (Å²) >= 11 is 6.07. The predicted octanol–water partition coefficient (Wildman–Crippen LogP) is 2.28. The summed E-state index contributed by atoms with van der Waals surface area (Å²) in [7, 11) is 0. The minimum absolute atomic E-state index is 0.224. The van der Waals surface area contributed by atoms with Gasteiger partial charge in [-0.3, -0.25) is 0 Å². The summed E-state index contributed by atoms with van der Waals surface area (Å²) in [5.74, 6) is 0.898. The first-order valence-electron chi connectivity index (χ1n) is 6.59. The van der Waals surface area contributed by atoms with Gasteiger partial charge in [0.2, 0.25) is 0 Å². The van der Waals surface area contributed by atoms with Gasteiger partial charge in [-0.2, -0.15) is 0 Å². The topological polar surface area (TPSA) is 64.1 Å². The van der Waals surface area contributed by atoms with Crippen LogP contribution in [-0.2, 0) is 6.42 Å². The molecule has 4 nitrogen and oxygen atoms in total. The highest BCUT2D eigenvalue weighted by molar-refractivity contribution is 6.31. The molecule has 2 aromatic rings. The molecule has 1 unspecified atom stereocenters. The van der Waals surface area contributed by atoms with Gasteiger partial charge in [-0.1, -0.05) is 11.6 Å². The van der Waals surface area contributed by atoms with Crippen molar-refractivity contribution in [1.29, 1.82) is 0 Å². The Morgan fingerprint density at radius 1 is 1.53 bits per heavy atom. The van der Waals surface area contributed by atoms with Crippen molar-refractivity contribution >= 4 is 22.6 Å². The summed E-state index contributed by atoms with van der Waals surface area (Å²) in [5, 5.41) is 10.9. The molecular weight excluding hydrogens is 262 g/mol. The quantitative estimate of drug-likeness (QED) is 0.902. The largest absolute Gasteiger partial charge is 0.388 e. The van der Waals surface area contributed by atoms with E-state index in [2.05, 4.69) is 9.55 Å². The van der Waals surface area contributed by atoms with Gasteiger partial charge in [0.15, 0.2) is 0 Å². The Kier molecular flexibility index (Phi) is 3.04. The molecule has 1 aromatic carbocycles. The first-order chi connectivity index (χ1) is 9.00. The van der Waals surface area contributed by atoms with E-state index in [1.54, 1.807) is 6.92 Å². The number of rotatable bonds is 4. The average Bonchev–Trinajstić information content (AvgIpc) is 3.12. The van der Waals surface area contributed by atoms with Crippen molar-refractivity contribution in [2.45, 2.75) is 37.8 Å². The Balaban J connectivity index is 2.10. The summed E-state index contributed by atoms with van der Waals surface area (Å²) in [5.41, 5.74) is 6.67. The second kappa shape index (κ2) is 4.47. The van der Waals surface area contributed by atoms with Gasteiger partial charge in [0.05, 0.1) is 16.6 Å². The zero-order valence-corrected chi connectivity index (χ0v) is 11.7. The zero-order valence-electron chi connectivity index (χ0n) is 10.9. The van der Waals surface area contributed by atoms with Crippen molar-refractivity contribution in [2.75, 3.05) is 6.54 Å². The Bertz CT molecular complexity index is 616. The van der Waals surface area contributed by atoms with Crippen LogP contribution in [0.3, 0.4) is 0 Å². The molecule has 0 spiro atoms. The molecule has 1 fully saturated rings. The Labute approximate surface area is 117 Å². The van der Waals surface area contributed by atoms with E-state index in [-0.39, 0.29) is 6.54 Å². The van der Waals surface area contributed by atoms with Crippen LogP contribution in [0.4, 0.5) is 0 Å². The van der Waals surface area contributed by atoms with Crippen molar-refractivity contribution in [3.05, 3.63) is 29.0 Å². The molecule has 1 aliphatic carbocycles. The van der Waals surface area contributed by atoms with Gasteiger partial charge in [0.1, 0.15) is 5.82 Å². The van der Waals surface area contributed by atoms with Crippen molar-refractivity contribution in [1.82, 2.24) is 9.55 Å². The van der Waals surface area contributed by atoms with E-state index in [9.17, 15) is 5.11 Å². The second-order valence-electron chi connectivity index (χ2n) is 5.64. The monoisotopic (exact) mass is 279 g/mol. The molecule has 1 aromatic heterocycles. The molecule has 0 saturated heterocycles. The number of imidazole rings is 1. The molecular formula is C14H18ClN3O. The summed E-state index contributed by atoms with van der Waals surface area (Å²) in [6.45, 7) is 1.97. The summed E-state index contributed by atoms with van der Waals surface area (Å²) < 4.78 is 2.21. The maximum atomic E-state index is 10.2. The maximum Gasteiger partial charge on any atom is 0.113 e. The van der Waals surface area contributed by atoms with E-state index in [0.717, 1.165) is 29.7 Å². The lowest BCUT2D eigenvalue weighted by atomic mass is 10.0. The van der Waals surface area contributed by atoms with Crippen LogP contribution in [0.5, 0.6) is 0 Å². The third-order valence-corrected chi connectivity index (χ3v) is 3.85. The lowest BCUT2D eigenvalue weighted by molar-refractivity contribution is 0.0667. The van der Waals surface area contributed by atoms with Crippen LogP contribution in [0.15, 0.2) is 18.2 Å². The number of nitrogens with two attached hydrogens (primary N) is 1. The lowest BCUT2D eigenvalue weighted by Gasteiger charge is -2.21. The maximum absolute atomic E-state index is 10.2. The smallest absolute Gasteiger partial charge is 0.113 e. The van der Waals surface area contributed by atoms with Gasteiger partial charge in [0, 0.05) is 24.0 Å². The molecule has 0 bridgehead atoms. The highest BCUT2D eigenvalue weighted by Crippen LogP contribution is 2.39. The predicted molar refractivity (Wildman–Crippen MR) is 76.4 cm³/mol. The number of nitrogens with zero attached hydrogens (tertiary/aromatic N) is 2. The van der Waals surface area contributed by atoms with Crippen molar-refractivity contribution in [2.24, 2.45) is 5.73 Å². The molecule has 5 heteroatoms. The van der Waals surface area contributed by atoms with Crippen molar-refractivity contribution in [3.8, 4) is 0 Å². The summed E-state index contributed by atoms with van der Waals surface area (Å²) in [6.07, 6.45) is 2.79. The fourth-order valence-electron chi connectivity index (χ4n) is 2.39. The van der Waals surface area contributed by atoms with Gasteiger partial charge >= 0.3 is 0 Å². The number of fused-ring (bicyclic) bond motifs is 1.